The molecule has 0 aromatic carbocycles. The van der Waals surface area contributed by atoms with Gasteiger partial charge in [-0.25, -0.2) is 18.7 Å². The summed E-state index contributed by atoms with van der Waals surface area (Å²) in [6, 6.07) is 8.97. The summed E-state index contributed by atoms with van der Waals surface area (Å²) < 4.78 is 27.7. The Morgan fingerprint density at radius 3 is 2.85 bits per heavy atom. The van der Waals surface area contributed by atoms with Crippen LogP contribution in [0.3, 0.4) is 0 Å². The largest absolute Gasteiger partial charge is 0.365 e. The van der Waals surface area contributed by atoms with Gasteiger partial charge in [-0.15, -0.1) is 0 Å². The molecule has 1 atom stereocenters. The second-order valence-corrected chi connectivity index (χ2v) is 7.18. The van der Waals surface area contributed by atoms with Gasteiger partial charge in [-0.2, -0.15) is 0 Å². The fraction of sp³-hybridized carbons (Fsp3) is 0.368. The van der Waals surface area contributed by atoms with E-state index in [0.717, 1.165) is 18.8 Å². The maximum absolute atomic E-state index is 13.0. The number of pyridine rings is 2. The zero-order chi connectivity index (χ0) is 18.3. The molecular formula is C19H21F2N5. The van der Waals surface area contributed by atoms with Gasteiger partial charge < -0.3 is 10.6 Å². The number of nitrogens with one attached hydrogen (secondary N) is 2. The summed E-state index contributed by atoms with van der Waals surface area (Å²) in [6.45, 7) is 5.30. The van der Waals surface area contributed by atoms with Gasteiger partial charge in [0.05, 0.1) is 17.6 Å². The predicted octanol–water partition coefficient (Wildman–Crippen LogP) is 3.89. The first-order chi connectivity index (χ1) is 12.4. The van der Waals surface area contributed by atoms with Crippen molar-refractivity contribution < 1.29 is 8.78 Å². The number of hydrogen-bond acceptors (Lipinski definition) is 4. The Balaban J connectivity index is 1.68. The molecule has 136 valence electrons. The molecule has 0 amide bonds. The van der Waals surface area contributed by atoms with Gasteiger partial charge in [0, 0.05) is 23.3 Å². The Hall–Kier alpha value is -2.54. The van der Waals surface area contributed by atoms with Crippen LogP contribution in [-0.4, -0.2) is 32.5 Å². The van der Waals surface area contributed by atoms with Crippen LogP contribution in [0.4, 0.5) is 14.6 Å². The molecule has 0 aliphatic carbocycles. The van der Waals surface area contributed by atoms with Crippen LogP contribution in [0.5, 0.6) is 0 Å². The number of anilines is 1. The molecule has 3 aromatic rings. The van der Waals surface area contributed by atoms with Crippen LogP contribution >= 0.6 is 0 Å². The molecule has 0 spiro atoms. The molecular weight excluding hydrogens is 336 g/mol. The van der Waals surface area contributed by atoms with Gasteiger partial charge in [0.1, 0.15) is 11.5 Å². The number of aromatic nitrogens is 3. The van der Waals surface area contributed by atoms with E-state index in [9.17, 15) is 8.78 Å². The minimum Gasteiger partial charge on any atom is -0.365 e. The van der Waals surface area contributed by atoms with Gasteiger partial charge >= 0.3 is 0 Å². The number of alkyl halides is 2. The molecule has 1 fully saturated rings. The molecule has 1 aliphatic rings. The highest BCUT2D eigenvalue weighted by molar-refractivity contribution is 5.62. The number of imidazole rings is 1. The molecule has 4 rings (SSSR count). The monoisotopic (exact) mass is 357 g/mol. The Morgan fingerprint density at radius 2 is 2.12 bits per heavy atom. The fourth-order valence-electron chi connectivity index (χ4n) is 3.43. The van der Waals surface area contributed by atoms with E-state index in [1.165, 1.54) is 12.3 Å². The van der Waals surface area contributed by atoms with E-state index >= 15 is 0 Å². The van der Waals surface area contributed by atoms with Crippen molar-refractivity contribution in [2.45, 2.75) is 38.3 Å². The summed E-state index contributed by atoms with van der Waals surface area (Å²) in [4.78, 5) is 8.98. The number of hydrogen-bond donors (Lipinski definition) is 2. The van der Waals surface area contributed by atoms with Gasteiger partial charge in [-0.3, -0.25) is 4.40 Å². The predicted molar refractivity (Wildman–Crippen MR) is 97.5 cm³/mol. The van der Waals surface area contributed by atoms with Crippen LogP contribution in [0.2, 0.25) is 0 Å². The SMILES string of the molecule is CC1(C)NCCC1Nc1cccc(-c2cnc3ccc(C(F)F)cn23)n1. The molecule has 0 saturated carbocycles. The van der Waals surface area contributed by atoms with Crippen molar-refractivity contribution in [1.82, 2.24) is 19.7 Å². The van der Waals surface area contributed by atoms with Crippen LogP contribution < -0.4 is 10.6 Å². The molecule has 3 aromatic heterocycles. The molecule has 4 heterocycles. The minimum absolute atomic E-state index is 0.00679. The average Bonchev–Trinajstić information content (AvgIpc) is 3.18. The standard InChI is InChI=1S/C19H21F2N5/c1-19(2)15(8-9-23-19)25-16-5-3-4-13(24-16)14-10-22-17-7-6-12(18(20)21)11-26(14)17/h3-7,10-11,15,18,23H,8-9H2,1-2H3,(H,24,25). The lowest BCUT2D eigenvalue weighted by atomic mass is 9.97. The molecule has 7 heteroatoms. The van der Waals surface area contributed by atoms with Crippen molar-refractivity contribution in [1.29, 1.82) is 0 Å². The second-order valence-electron chi connectivity index (χ2n) is 7.18. The van der Waals surface area contributed by atoms with E-state index in [1.807, 2.05) is 18.2 Å². The van der Waals surface area contributed by atoms with Crippen molar-refractivity contribution in [2.24, 2.45) is 0 Å². The van der Waals surface area contributed by atoms with Gasteiger partial charge in [0.15, 0.2) is 0 Å². The van der Waals surface area contributed by atoms with Crippen LogP contribution in [0.1, 0.15) is 32.3 Å². The maximum Gasteiger partial charge on any atom is 0.265 e. The quantitative estimate of drug-likeness (QED) is 0.744. The van der Waals surface area contributed by atoms with Crippen molar-refractivity contribution in [3.8, 4) is 11.4 Å². The first kappa shape index (κ1) is 16.9. The summed E-state index contributed by atoms with van der Waals surface area (Å²) in [7, 11) is 0. The highest BCUT2D eigenvalue weighted by atomic mass is 19.3. The van der Waals surface area contributed by atoms with E-state index in [4.69, 9.17) is 0 Å². The molecule has 0 bridgehead atoms. The number of halogens is 2. The van der Waals surface area contributed by atoms with Gasteiger partial charge in [-0.1, -0.05) is 6.07 Å². The summed E-state index contributed by atoms with van der Waals surface area (Å²) in [6.07, 6.45) is 1.59. The van der Waals surface area contributed by atoms with E-state index in [0.29, 0.717) is 17.0 Å². The fourth-order valence-corrected chi connectivity index (χ4v) is 3.43. The van der Waals surface area contributed by atoms with Crippen molar-refractivity contribution in [3.05, 3.63) is 48.3 Å². The highest BCUT2D eigenvalue weighted by Crippen LogP contribution is 2.26. The number of rotatable bonds is 4. The third kappa shape index (κ3) is 3.03. The van der Waals surface area contributed by atoms with Gasteiger partial charge in [-0.05, 0) is 51.1 Å². The average molecular weight is 357 g/mol. The van der Waals surface area contributed by atoms with E-state index in [2.05, 4.69) is 34.4 Å². The first-order valence-corrected chi connectivity index (χ1v) is 8.68. The third-order valence-corrected chi connectivity index (χ3v) is 5.00. The highest BCUT2D eigenvalue weighted by Gasteiger charge is 2.34. The normalized spacial score (nSPS) is 19.3. The van der Waals surface area contributed by atoms with Gasteiger partial charge in [0.25, 0.3) is 6.43 Å². The van der Waals surface area contributed by atoms with Crippen molar-refractivity contribution >= 4 is 11.5 Å². The smallest absolute Gasteiger partial charge is 0.265 e. The maximum atomic E-state index is 13.0. The Labute approximate surface area is 150 Å². The molecule has 26 heavy (non-hydrogen) atoms. The zero-order valence-electron chi connectivity index (χ0n) is 14.7. The molecule has 1 saturated heterocycles. The van der Waals surface area contributed by atoms with E-state index in [-0.39, 0.29) is 17.1 Å². The summed E-state index contributed by atoms with van der Waals surface area (Å²) in [5.74, 6) is 0.768. The van der Waals surface area contributed by atoms with Gasteiger partial charge in [0.2, 0.25) is 0 Å². The Bertz CT molecular complexity index is 935. The summed E-state index contributed by atoms with van der Waals surface area (Å²) >= 11 is 0. The first-order valence-electron chi connectivity index (χ1n) is 8.68. The van der Waals surface area contributed by atoms with Crippen LogP contribution in [0.25, 0.3) is 17.0 Å². The summed E-state index contributed by atoms with van der Waals surface area (Å²) in [5, 5.41) is 6.96. The molecule has 0 radical (unpaired) electrons. The van der Waals surface area contributed by atoms with E-state index < -0.39 is 6.43 Å². The summed E-state index contributed by atoms with van der Waals surface area (Å²) in [5.41, 5.74) is 1.95. The Kier molecular flexibility index (Phi) is 4.11. The molecule has 1 unspecified atom stereocenters. The molecule has 5 nitrogen and oxygen atoms in total. The minimum atomic E-state index is -2.52. The third-order valence-electron chi connectivity index (χ3n) is 5.00. The topological polar surface area (TPSA) is 54.2 Å². The van der Waals surface area contributed by atoms with Crippen molar-refractivity contribution in [3.63, 3.8) is 0 Å². The van der Waals surface area contributed by atoms with Crippen LogP contribution in [-0.2, 0) is 0 Å². The van der Waals surface area contributed by atoms with Crippen molar-refractivity contribution in [2.75, 3.05) is 11.9 Å². The lowest BCUT2D eigenvalue weighted by Crippen LogP contribution is -2.45. The lowest BCUT2D eigenvalue weighted by Gasteiger charge is -2.28. The molecule has 1 aliphatic heterocycles. The number of fused-ring (bicyclic) bond motifs is 1. The number of nitrogens with zero attached hydrogens (tertiary/aromatic N) is 3. The lowest BCUT2D eigenvalue weighted by molar-refractivity contribution is 0.151. The van der Waals surface area contributed by atoms with E-state index in [1.54, 1.807) is 16.7 Å². The molecule has 2 N–H and O–H groups in total. The zero-order valence-corrected chi connectivity index (χ0v) is 14.7. The van der Waals surface area contributed by atoms with Crippen LogP contribution in [0.15, 0.2) is 42.7 Å². The Morgan fingerprint density at radius 1 is 1.27 bits per heavy atom. The second kappa shape index (κ2) is 6.32. The van der Waals surface area contributed by atoms with Crippen LogP contribution in [0, 0.1) is 0 Å².